The lowest BCUT2D eigenvalue weighted by Gasteiger charge is -2.13. The van der Waals surface area contributed by atoms with Crippen LogP contribution in [0.2, 0.25) is 0 Å². The Kier molecular flexibility index (Phi) is 3.20. The third-order valence-electron chi connectivity index (χ3n) is 2.44. The van der Waals surface area contributed by atoms with Gasteiger partial charge in [0.2, 0.25) is 0 Å². The van der Waals surface area contributed by atoms with E-state index in [1.165, 1.54) is 12.2 Å². The molecule has 1 N–H and O–H groups in total. The van der Waals surface area contributed by atoms with E-state index >= 15 is 0 Å². The van der Waals surface area contributed by atoms with E-state index in [1.54, 1.807) is 31.6 Å². The van der Waals surface area contributed by atoms with Gasteiger partial charge < -0.3 is 4.98 Å². The van der Waals surface area contributed by atoms with Crippen LogP contribution < -0.4 is 0 Å². The highest BCUT2D eigenvalue weighted by Crippen LogP contribution is 2.16. The van der Waals surface area contributed by atoms with E-state index in [0.717, 1.165) is 11.4 Å². The molecule has 5 heteroatoms. The maximum atomic E-state index is 11.9. The van der Waals surface area contributed by atoms with Crippen molar-refractivity contribution in [3.63, 3.8) is 0 Å². The van der Waals surface area contributed by atoms with Crippen LogP contribution in [-0.2, 0) is 4.84 Å². The highest BCUT2D eigenvalue weighted by molar-refractivity contribution is 5.94. The average Bonchev–Trinajstić information content (AvgIpc) is 2.91. The second kappa shape index (κ2) is 4.80. The SMILES string of the molecule is CON(C)C(=O)c1cccc(-c2ncc[nH]2)c1. The topological polar surface area (TPSA) is 58.2 Å². The van der Waals surface area contributed by atoms with Gasteiger partial charge in [0.1, 0.15) is 5.82 Å². The number of rotatable bonds is 3. The number of hydrogen-bond donors (Lipinski definition) is 1. The molecule has 1 aromatic heterocycles. The van der Waals surface area contributed by atoms with Gasteiger partial charge in [-0.2, -0.15) is 0 Å². The number of hydroxylamine groups is 2. The van der Waals surface area contributed by atoms with Crippen molar-refractivity contribution in [2.75, 3.05) is 14.2 Å². The number of aromatic amines is 1. The number of nitrogens with zero attached hydrogens (tertiary/aromatic N) is 2. The van der Waals surface area contributed by atoms with Crippen LogP contribution in [0.25, 0.3) is 11.4 Å². The summed E-state index contributed by atoms with van der Waals surface area (Å²) in [5.74, 6) is 0.542. The number of carbonyl (C=O) groups excluding carboxylic acids is 1. The number of nitrogens with one attached hydrogen (secondary N) is 1. The predicted octanol–water partition coefficient (Wildman–Crippen LogP) is 1.71. The molecule has 0 aliphatic rings. The zero-order valence-corrected chi connectivity index (χ0v) is 9.68. The summed E-state index contributed by atoms with van der Waals surface area (Å²) in [6.07, 6.45) is 3.41. The monoisotopic (exact) mass is 231 g/mol. The summed E-state index contributed by atoms with van der Waals surface area (Å²) in [5.41, 5.74) is 1.42. The highest BCUT2D eigenvalue weighted by Gasteiger charge is 2.12. The first-order chi connectivity index (χ1) is 8.22. The van der Waals surface area contributed by atoms with Gasteiger partial charge in [0.25, 0.3) is 5.91 Å². The number of hydrogen-bond acceptors (Lipinski definition) is 3. The minimum Gasteiger partial charge on any atom is -0.345 e. The third kappa shape index (κ3) is 2.34. The summed E-state index contributed by atoms with van der Waals surface area (Å²) in [6.45, 7) is 0. The molecule has 1 aromatic carbocycles. The standard InChI is InChI=1S/C12H13N3O2/c1-15(17-2)12(16)10-5-3-4-9(8-10)11-13-6-7-14-11/h3-8H,1-2H3,(H,13,14). The maximum Gasteiger partial charge on any atom is 0.277 e. The number of amides is 1. The Balaban J connectivity index is 2.32. The van der Waals surface area contributed by atoms with E-state index in [4.69, 9.17) is 4.84 Å². The summed E-state index contributed by atoms with van der Waals surface area (Å²) >= 11 is 0. The van der Waals surface area contributed by atoms with Crippen LogP contribution in [-0.4, -0.2) is 35.1 Å². The Morgan fingerprint density at radius 2 is 2.29 bits per heavy atom. The number of H-pyrrole nitrogens is 1. The molecule has 0 spiro atoms. The first kappa shape index (κ1) is 11.3. The van der Waals surface area contributed by atoms with Crippen LogP contribution in [0.1, 0.15) is 10.4 Å². The number of aromatic nitrogens is 2. The third-order valence-corrected chi connectivity index (χ3v) is 2.44. The predicted molar refractivity (Wildman–Crippen MR) is 63.1 cm³/mol. The van der Waals surface area contributed by atoms with Crippen molar-refractivity contribution < 1.29 is 9.63 Å². The van der Waals surface area contributed by atoms with Gasteiger partial charge in [-0.25, -0.2) is 10.0 Å². The van der Waals surface area contributed by atoms with Gasteiger partial charge >= 0.3 is 0 Å². The Labute approximate surface area is 99.0 Å². The fourth-order valence-corrected chi connectivity index (χ4v) is 1.49. The van der Waals surface area contributed by atoms with Gasteiger partial charge in [0, 0.05) is 30.6 Å². The van der Waals surface area contributed by atoms with Crippen LogP contribution in [0.5, 0.6) is 0 Å². The number of imidazole rings is 1. The molecule has 0 saturated heterocycles. The zero-order valence-electron chi connectivity index (χ0n) is 9.68. The maximum absolute atomic E-state index is 11.9. The van der Waals surface area contributed by atoms with Gasteiger partial charge in [-0.1, -0.05) is 12.1 Å². The summed E-state index contributed by atoms with van der Waals surface area (Å²) in [5, 5.41) is 1.18. The molecule has 0 saturated carbocycles. The molecule has 0 fully saturated rings. The second-order valence-corrected chi connectivity index (χ2v) is 3.50. The van der Waals surface area contributed by atoms with Gasteiger partial charge in [0.15, 0.2) is 0 Å². The molecule has 5 nitrogen and oxygen atoms in total. The lowest BCUT2D eigenvalue weighted by atomic mass is 10.1. The van der Waals surface area contributed by atoms with Crippen molar-refractivity contribution in [2.24, 2.45) is 0 Å². The Morgan fingerprint density at radius 3 is 2.94 bits per heavy atom. The van der Waals surface area contributed by atoms with Gasteiger partial charge in [-0.15, -0.1) is 0 Å². The fraction of sp³-hybridized carbons (Fsp3) is 0.167. The Morgan fingerprint density at radius 1 is 1.47 bits per heavy atom. The van der Waals surface area contributed by atoms with Gasteiger partial charge in [0.05, 0.1) is 7.11 Å². The average molecular weight is 231 g/mol. The summed E-state index contributed by atoms with van der Waals surface area (Å²) in [4.78, 5) is 23.9. The molecular weight excluding hydrogens is 218 g/mol. The van der Waals surface area contributed by atoms with Crippen LogP contribution in [0, 0.1) is 0 Å². The molecule has 2 rings (SSSR count). The Bertz CT molecular complexity index is 508. The molecule has 0 bridgehead atoms. The molecule has 0 aliphatic carbocycles. The number of carbonyl (C=O) groups is 1. The normalized spacial score (nSPS) is 10.2. The van der Waals surface area contributed by atoms with Crippen LogP contribution in [0.4, 0.5) is 0 Å². The van der Waals surface area contributed by atoms with Gasteiger partial charge in [-0.3, -0.25) is 9.63 Å². The molecule has 1 amide bonds. The van der Waals surface area contributed by atoms with E-state index in [9.17, 15) is 4.79 Å². The summed E-state index contributed by atoms with van der Waals surface area (Å²) < 4.78 is 0. The van der Waals surface area contributed by atoms with E-state index in [0.29, 0.717) is 5.56 Å². The molecule has 17 heavy (non-hydrogen) atoms. The van der Waals surface area contributed by atoms with E-state index < -0.39 is 0 Å². The first-order valence-corrected chi connectivity index (χ1v) is 5.14. The second-order valence-electron chi connectivity index (χ2n) is 3.50. The smallest absolute Gasteiger partial charge is 0.277 e. The van der Waals surface area contributed by atoms with E-state index in [1.807, 2.05) is 12.1 Å². The molecular formula is C12H13N3O2. The molecule has 0 atom stereocenters. The fourth-order valence-electron chi connectivity index (χ4n) is 1.49. The van der Waals surface area contributed by atoms with Crippen molar-refractivity contribution in [2.45, 2.75) is 0 Å². The summed E-state index contributed by atoms with van der Waals surface area (Å²) in [6, 6.07) is 7.22. The largest absolute Gasteiger partial charge is 0.345 e. The molecule has 0 unspecified atom stereocenters. The van der Waals surface area contributed by atoms with Crippen molar-refractivity contribution in [1.82, 2.24) is 15.0 Å². The molecule has 1 heterocycles. The minimum atomic E-state index is -0.194. The number of benzene rings is 1. The molecule has 0 aliphatic heterocycles. The quantitative estimate of drug-likeness (QED) is 0.818. The molecule has 2 aromatic rings. The lowest BCUT2D eigenvalue weighted by molar-refractivity contribution is -0.0756. The van der Waals surface area contributed by atoms with Crippen molar-refractivity contribution in [3.8, 4) is 11.4 Å². The Hall–Kier alpha value is -2.14. The van der Waals surface area contributed by atoms with E-state index in [-0.39, 0.29) is 5.91 Å². The van der Waals surface area contributed by atoms with Crippen molar-refractivity contribution in [1.29, 1.82) is 0 Å². The molecule has 0 radical (unpaired) electrons. The molecule has 88 valence electrons. The summed E-state index contributed by atoms with van der Waals surface area (Å²) in [7, 11) is 3.02. The van der Waals surface area contributed by atoms with Crippen LogP contribution in [0.3, 0.4) is 0 Å². The highest BCUT2D eigenvalue weighted by atomic mass is 16.7. The van der Waals surface area contributed by atoms with Crippen molar-refractivity contribution in [3.05, 3.63) is 42.2 Å². The minimum absolute atomic E-state index is 0.194. The zero-order chi connectivity index (χ0) is 12.3. The van der Waals surface area contributed by atoms with Crippen LogP contribution in [0.15, 0.2) is 36.7 Å². The first-order valence-electron chi connectivity index (χ1n) is 5.14. The van der Waals surface area contributed by atoms with Crippen molar-refractivity contribution >= 4 is 5.91 Å². The lowest BCUT2D eigenvalue weighted by Crippen LogP contribution is -2.25. The van der Waals surface area contributed by atoms with Gasteiger partial charge in [-0.05, 0) is 12.1 Å². The van der Waals surface area contributed by atoms with Crippen LogP contribution >= 0.6 is 0 Å². The van der Waals surface area contributed by atoms with E-state index in [2.05, 4.69) is 9.97 Å².